The number of hydrogen-bond acceptors (Lipinski definition) is 5. The van der Waals surface area contributed by atoms with Crippen molar-refractivity contribution in [3.63, 3.8) is 0 Å². The number of amides is 2. The van der Waals surface area contributed by atoms with Crippen LogP contribution in [0.25, 0.3) is 0 Å². The van der Waals surface area contributed by atoms with Crippen LogP contribution in [0.5, 0.6) is 5.75 Å². The van der Waals surface area contributed by atoms with E-state index in [0.29, 0.717) is 31.2 Å². The second kappa shape index (κ2) is 10.8. The maximum atomic E-state index is 13.2. The lowest BCUT2D eigenvalue weighted by Crippen LogP contribution is -2.41. The Morgan fingerprint density at radius 1 is 1.08 bits per heavy atom. The molecule has 1 fully saturated rings. The van der Waals surface area contributed by atoms with Gasteiger partial charge in [0, 0.05) is 31.4 Å². The Labute approximate surface area is 216 Å². The molecule has 0 saturated carbocycles. The van der Waals surface area contributed by atoms with Gasteiger partial charge in [-0.25, -0.2) is 4.98 Å². The van der Waals surface area contributed by atoms with E-state index in [0.717, 1.165) is 54.2 Å². The molecule has 2 aliphatic rings. The summed E-state index contributed by atoms with van der Waals surface area (Å²) in [6, 6.07) is 16.3. The summed E-state index contributed by atoms with van der Waals surface area (Å²) in [7, 11) is 0. The van der Waals surface area contributed by atoms with Gasteiger partial charge in [0.2, 0.25) is 5.91 Å². The highest BCUT2D eigenvalue weighted by molar-refractivity contribution is 7.09. The fourth-order valence-electron chi connectivity index (χ4n) is 5.12. The molecule has 0 spiro atoms. The highest BCUT2D eigenvalue weighted by Gasteiger charge is 2.32. The Kier molecular flexibility index (Phi) is 7.37. The van der Waals surface area contributed by atoms with Crippen LogP contribution >= 0.6 is 11.3 Å². The molecule has 1 atom stereocenters. The normalized spacial score (nSPS) is 17.4. The second-order valence-corrected chi connectivity index (χ2v) is 11.0. The van der Waals surface area contributed by atoms with E-state index < -0.39 is 0 Å². The number of carbonyl (C=O) groups is 2. The Morgan fingerprint density at radius 2 is 1.86 bits per heavy atom. The highest BCUT2D eigenvalue weighted by Crippen LogP contribution is 2.38. The molecular weight excluding hydrogens is 470 g/mol. The fourth-order valence-corrected chi connectivity index (χ4v) is 5.79. The lowest BCUT2D eigenvalue weighted by Gasteiger charge is -2.38. The zero-order valence-electron chi connectivity index (χ0n) is 21.0. The first-order valence-corrected chi connectivity index (χ1v) is 13.7. The van der Waals surface area contributed by atoms with Gasteiger partial charge < -0.3 is 14.5 Å². The van der Waals surface area contributed by atoms with Crippen LogP contribution in [0.4, 0.5) is 0 Å². The van der Waals surface area contributed by atoms with Gasteiger partial charge in [0.05, 0.1) is 6.04 Å². The molecule has 36 heavy (non-hydrogen) atoms. The molecule has 7 heteroatoms. The van der Waals surface area contributed by atoms with Gasteiger partial charge >= 0.3 is 0 Å². The number of benzene rings is 2. The van der Waals surface area contributed by atoms with Crippen molar-refractivity contribution in [1.82, 2.24) is 14.8 Å². The molecule has 1 saturated heterocycles. The van der Waals surface area contributed by atoms with Crippen LogP contribution in [0.3, 0.4) is 0 Å². The molecule has 3 heterocycles. The van der Waals surface area contributed by atoms with Crippen LogP contribution in [0.2, 0.25) is 0 Å². The number of ether oxygens (including phenoxy) is 1. The molecule has 2 amide bonds. The van der Waals surface area contributed by atoms with Gasteiger partial charge in [-0.2, -0.15) is 0 Å². The van der Waals surface area contributed by atoms with Crippen molar-refractivity contribution in [2.45, 2.75) is 52.2 Å². The summed E-state index contributed by atoms with van der Waals surface area (Å²) in [6.45, 7) is 6.82. The molecule has 3 aromatic rings. The quantitative estimate of drug-likeness (QED) is 0.428. The molecule has 0 aliphatic carbocycles. The number of aromatic nitrogens is 1. The lowest BCUT2D eigenvalue weighted by atomic mass is 9.87. The maximum Gasteiger partial charge on any atom is 0.273 e. The monoisotopic (exact) mass is 503 g/mol. The van der Waals surface area contributed by atoms with E-state index in [1.165, 1.54) is 16.9 Å². The number of nitrogens with zero attached hydrogens (tertiary/aromatic N) is 3. The van der Waals surface area contributed by atoms with Crippen LogP contribution in [-0.2, 0) is 17.8 Å². The van der Waals surface area contributed by atoms with E-state index >= 15 is 0 Å². The van der Waals surface area contributed by atoms with Gasteiger partial charge in [0.15, 0.2) is 0 Å². The number of carbonyl (C=O) groups excluding carboxylic acids is 2. The van der Waals surface area contributed by atoms with Gasteiger partial charge in [0.1, 0.15) is 23.1 Å². The first kappa shape index (κ1) is 24.5. The van der Waals surface area contributed by atoms with E-state index in [9.17, 15) is 9.59 Å². The van der Waals surface area contributed by atoms with Gasteiger partial charge in [-0.05, 0) is 54.0 Å². The Hall–Kier alpha value is -3.19. The molecule has 2 aliphatic heterocycles. The van der Waals surface area contributed by atoms with Crippen LogP contribution in [-0.4, -0.2) is 46.2 Å². The average molecular weight is 504 g/mol. The van der Waals surface area contributed by atoms with E-state index in [4.69, 9.17) is 4.74 Å². The van der Waals surface area contributed by atoms with Crippen molar-refractivity contribution in [2.24, 2.45) is 5.92 Å². The van der Waals surface area contributed by atoms with Crippen molar-refractivity contribution in [1.29, 1.82) is 0 Å². The van der Waals surface area contributed by atoms with Crippen LogP contribution in [0.1, 0.15) is 71.3 Å². The Morgan fingerprint density at radius 3 is 2.61 bits per heavy atom. The lowest BCUT2D eigenvalue weighted by molar-refractivity contribution is -0.134. The Balaban J connectivity index is 1.35. The molecule has 188 valence electrons. The molecule has 0 radical (unpaired) electrons. The number of thiazole rings is 1. The number of fused-ring (bicyclic) bond motifs is 1. The largest absolute Gasteiger partial charge is 0.486 e. The maximum absolute atomic E-state index is 13.2. The standard InChI is InChI=1S/C29H33N3O3S/c1-20(2)16-27(33)32-15-12-21-10-11-23(17-24(21)28(32)22-8-4-3-5-9-22)35-18-26-30-25(19-36-26)29(34)31-13-6-7-14-31/h3-5,8-11,17,19-20,28H,6-7,12-16,18H2,1-2H3. The molecule has 0 bridgehead atoms. The molecule has 1 unspecified atom stereocenters. The van der Waals surface area contributed by atoms with Gasteiger partial charge in [0.25, 0.3) is 5.91 Å². The second-order valence-electron chi connectivity index (χ2n) is 10.0. The smallest absolute Gasteiger partial charge is 0.273 e. The minimum Gasteiger partial charge on any atom is -0.486 e. The summed E-state index contributed by atoms with van der Waals surface area (Å²) in [5.41, 5.74) is 3.98. The summed E-state index contributed by atoms with van der Waals surface area (Å²) >= 11 is 1.46. The average Bonchev–Trinajstić information content (AvgIpc) is 3.59. The summed E-state index contributed by atoms with van der Waals surface area (Å²) in [4.78, 5) is 34.3. The summed E-state index contributed by atoms with van der Waals surface area (Å²) in [6.07, 6.45) is 3.50. The summed E-state index contributed by atoms with van der Waals surface area (Å²) < 4.78 is 6.14. The first-order chi connectivity index (χ1) is 17.5. The van der Waals surface area contributed by atoms with Crippen molar-refractivity contribution in [3.05, 3.63) is 81.3 Å². The zero-order chi connectivity index (χ0) is 25.1. The summed E-state index contributed by atoms with van der Waals surface area (Å²) in [5.74, 6) is 1.26. The predicted molar refractivity (Wildman–Crippen MR) is 141 cm³/mol. The van der Waals surface area contributed by atoms with Crippen LogP contribution < -0.4 is 4.74 Å². The van der Waals surface area contributed by atoms with Crippen molar-refractivity contribution in [3.8, 4) is 5.75 Å². The van der Waals surface area contributed by atoms with Crippen molar-refractivity contribution < 1.29 is 14.3 Å². The van der Waals surface area contributed by atoms with Gasteiger partial charge in [-0.15, -0.1) is 11.3 Å². The molecule has 6 nitrogen and oxygen atoms in total. The SMILES string of the molecule is CC(C)CC(=O)N1CCc2ccc(OCc3nc(C(=O)N4CCCC4)cs3)cc2C1c1ccccc1. The van der Waals surface area contributed by atoms with E-state index in [-0.39, 0.29) is 17.9 Å². The zero-order valence-corrected chi connectivity index (χ0v) is 21.8. The predicted octanol–water partition coefficient (Wildman–Crippen LogP) is 5.48. The minimum atomic E-state index is -0.130. The molecule has 1 aromatic heterocycles. The van der Waals surface area contributed by atoms with Crippen molar-refractivity contribution >= 4 is 23.2 Å². The molecule has 0 N–H and O–H groups in total. The third kappa shape index (κ3) is 5.31. The fraction of sp³-hybridized carbons (Fsp3) is 0.414. The van der Waals surface area contributed by atoms with E-state index in [1.54, 1.807) is 0 Å². The summed E-state index contributed by atoms with van der Waals surface area (Å²) in [5, 5.41) is 2.61. The number of likely N-dealkylation sites (tertiary alicyclic amines) is 1. The molecule has 2 aromatic carbocycles. The van der Waals surface area contributed by atoms with Crippen LogP contribution in [0.15, 0.2) is 53.9 Å². The van der Waals surface area contributed by atoms with Crippen LogP contribution in [0, 0.1) is 5.92 Å². The van der Waals surface area contributed by atoms with Gasteiger partial charge in [-0.1, -0.05) is 50.2 Å². The third-order valence-corrected chi connectivity index (χ3v) is 7.71. The van der Waals surface area contributed by atoms with E-state index in [2.05, 4.69) is 43.1 Å². The number of hydrogen-bond donors (Lipinski definition) is 0. The minimum absolute atomic E-state index is 0.0145. The van der Waals surface area contributed by atoms with Crippen molar-refractivity contribution in [2.75, 3.05) is 19.6 Å². The Bertz CT molecular complexity index is 1220. The first-order valence-electron chi connectivity index (χ1n) is 12.8. The number of rotatable bonds is 7. The third-order valence-electron chi connectivity index (χ3n) is 6.89. The topological polar surface area (TPSA) is 62.7 Å². The molecular formula is C29H33N3O3S. The highest BCUT2D eigenvalue weighted by atomic mass is 32.1. The van der Waals surface area contributed by atoms with Gasteiger partial charge in [-0.3, -0.25) is 9.59 Å². The van der Waals surface area contributed by atoms with E-state index in [1.807, 2.05) is 39.4 Å². The molecule has 5 rings (SSSR count).